The quantitative estimate of drug-likeness (QED) is 0.646. The molecule has 116 valence electrons. The summed E-state index contributed by atoms with van der Waals surface area (Å²) < 4.78 is 28.0. The highest BCUT2D eigenvalue weighted by molar-refractivity contribution is 7.91. The number of sulfone groups is 1. The van der Waals surface area contributed by atoms with E-state index in [4.69, 9.17) is 10.5 Å². The van der Waals surface area contributed by atoms with Gasteiger partial charge in [0.05, 0.1) is 24.2 Å². The number of anilines is 2. The van der Waals surface area contributed by atoms with E-state index in [1.165, 1.54) is 7.11 Å². The first kappa shape index (κ1) is 15.6. The molecule has 0 aromatic heterocycles. The fraction of sp³-hybridized carbons (Fsp3) is 0.500. The summed E-state index contributed by atoms with van der Waals surface area (Å²) in [5, 5.41) is 3.18. The molecule has 3 N–H and O–H groups in total. The molecule has 1 fully saturated rings. The van der Waals surface area contributed by atoms with Gasteiger partial charge >= 0.3 is 5.97 Å². The van der Waals surface area contributed by atoms with Crippen LogP contribution in [0, 0.1) is 6.92 Å². The average molecular weight is 312 g/mol. The molecule has 0 spiro atoms. The van der Waals surface area contributed by atoms with E-state index < -0.39 is 15.8 Å². The molecule has 1 heterocycles. The van der Waals surface area contributed by atoms with Crippen LogP contribution in [-0.4, -0.2) is 39.0 Å². The van der Waals surface area contributed by atoms with Crippen LogP contribution in [0.4, 0.5) is 11.4 Å². The summed E-state index contributed by atoms with van der Waals surface area (Å²) in [6.45, 7) is 1.80. The standard InChI is InChI=1S/C14H20N2O4S/c1-9-6-11(7-12(13(9)15)14(17)20-2)16-10-4-3-5-21(18,19)8-10/h6-7,10,16H,3-5,8,15H2,1-2H3. The van der Waals surface area contributed by atoms with Gasteiger partial charge < -0.3 is 15.8 Å². The molecule has 0 amide bonds. The van der Waals surface area contributed by atoms with E-state index in [-0.39, 0.29) is 17.5 Å². The van der Waals surface area contributed by atoms with Gasteiger partial charge in [0.15, 0.2) is 9.84 Å². The molecule has 1 aromatic carbocycles. The molecular weight excluding hydrogens is 292 g/mol. The zero-order valence-electron chi connectivity index (χ0n) is 12.2. The number of rotatable bonds is 3. The van der Waals surface area contributed by atoms with E-state index >= 15 is 0 Å². The van der Waals surface area contributed by atoms with Crippen molar-refractivity contribution < 1.29 is 17.9 Å². The second-order valence-electron chi connectivity index (χ2n) is 5.34. The summed E-state index contributed by atoms with van der Waals surface area (Å²) in [6, 6.07) is 3.27. The molecule has 6 nitrogen and oxygen atoms in total. The van der Waals surface area contributed by atoms with Crippen molar-refractivity contribution in [3.8, 4) is 0 Å². The predicted molar refractivity (Wildman–Crippen MR) is 82.2 cm³/mol. The minimum Gasteiger partial charge on any atom is -0.465 e. The molecule has 21 heavy (non-hydrogen) atoms. The van der Waals surface area contributed by atoms with Crippen LogP contribution < -0.4 is 11.1 Å². The van der Waals surface area contributed by atoms with E-state index in [2.05, 4.69) is 5.32 Å². The number of hydrogen-bond donors (Lipinski definition) is 2. The molecule has 1 aliphatic heterocycles. The Kier molecular flexibility index (Phi) is 4.41. The second kappa shape index (κ2) is 5.93. The van der Waals surface area contributed by atoms with Crippen molar-refractivity contribution in [1.82, 2.24) is 0 Å². The number of nitrogens with one attached hydrogen (secondary N) is 1. The van der Waals surface area contributed by atoms with Gasteiger partial charge in [-0.25, -0.2) is 13.2 Å². The lowest BCUT2D eigenvalue weighted by Crippen LogP contribution is -2.34. The maximum absolute atomic E-state index is 11.7. The van der Waals surface area contributed by atoms with Gasteiger partial charge in [-0.1, -0.05) is 0 Å². The number of nitrogens with two attached hydrogens (primary N) is 1. The Labute approximate surface area is 124 Å². The van der Waals surface area contributed by atoms with Crippen molar-refractivity contribution in [2.75, 3.05) is 29.7 Å². The monoisotopic (exact) mass is 312 g/mol. The van der Waals surface area contributed by atoms with E-state index in [9.17, 15) is 13.2 Å². The first-order chi connectivity index (χ1) is 9.82. The molecule has 1 unspecified atom stereocenters. The lowest BCUT2D eigenvalue weighted by Gasteiger charge is -2.24. The van der Waals surface area contributed by atoms with Crippen LogP contribution in [0.2, 0.25) is 0 Å². The van der Waals surface area contributed by atoms with E-state index in [0.29, 0.717) is 23.4 Å². The zero-order valence-corrected chi connectivity index (χ0v) is 13.0. The normalized spacial score (nSPS) is 20.8. The van der Waals surface area contributed by atoms with E-state index in [1.807, 2.05) is 6.07 Å². The number of nitrogen functional groups attached to an aromatic ring is 1. The highest BCUT2D eigenvalue weighted by atomic mass is 32.2. The number of ether oxygens (including phenoxy) is 1. The van der Waals surface area contributed by atoms with Crippen LogP contribution in [0.3, 0.4) is 0 Å². The summed E-state index contributed by atoms with van der Waals surface area (Å²) in [5.74, 6) is -0.140. The van der Waals surface area contributed by atoms with Crippen molar-refractivity contribution in [2.45, 2.75) is 25.8 Å². The van der Waals surface area contributed by atoms with Crippen LogP contribution in [0.1, 0.15) is 28.8 Å². The Balaban J connectivity index is 2.24. The third-order valence-corrected chi connectivity index (χ3v) is 5.45. The fourth-order valence-corrected chi connectivity index (χ4v) is 4.17. The minimum atomic E-state index is -2.98. The van der Waals surface area contributed by atoms with Gasteiger partial charge in [-0.15, -0.1) is 0 Å². The van der Waals surface area contributed by atoms with Gasteiger partial charge in [0.2, 0.25) is 0 Å². The third kappa shape index (κ3) is 3.66. The number of aryl methyl sites for hydroxylation is 1. The molecule has 1 saturated heterocycles. The molecule has 1 aliphatic rings. The summed E-state index contributed by atoms with van der Waals surface area (Å²) in [7, 11) is -1.68. The van der Waals surface area contributed by atoms with E-state index in [0.717, 1.165) is 12.0 Å². The first-order valence-electron chi connectivity index (χ1n) is 6.78. The average Bonchev–Trinajstić information content (AvgIpc) is 2.40. The van der Waals surface area contributed by atoms with Gasteiger partial charge in [-0.3, -0.25) is 0 Å². The Hall–Kier alpha value is -1.76. The third-order valence-electron chi connectivity index (χ3n) is 3.63. The first-order valence-corrected chi connectivity index (χ1v) is 8.60. The van der Waals surface area contributed by atoms with Crippen LogP contribution in [-0.2, 0) is 14.6 Å². The smallest absolute Gasteiger partial charge is 0.340 e. The number of esters is 1. The van der Waals surface area contributed by atoms with Gasteiger partial charge in [-0.2, -0.15) is 0 Å². The number of methoxy groups -OCH3 is 1. The van der Waals surface area contributed by atoms with Gasteiger partial charge in [0.25, 0.3) is 0 Å². The number of carbonyl (C=O) groups is 1. The van der Waals surface area contributed by atoms with Crippen LogP contribution in [0.25, 0.3) is 0 Å². The predicted octanol–water partition coefficient (Wildman–Crippen LogP) is 1.35. The molecule has 2 rings (SSSR count). The molecule has 7 heteroatoms. The summed E-state index contributed by atoms with van der Waals surface area (Å²) >= 11 is 0. The highest BCUT2D eigenvalue weighted by Crippen LogP contribution is 2.25. The largest absolute Gasteiger partial charge is 0.465 e. The molecule has 1 atom stereocenters. The van der Waals surface area contributed by atoms with Crippen molar-refractivity contribution in [2.24, 2.45) is 0 Å². The fourth-order valence-electron chi connectivity index (χ4n) is 2.53. The van der Waals surface area contributed by atoms with Crippen molar-refractivity contribution in [3.05, 3.63) is 23.3 Å². The minimum absolute atomic E-state index is 0.115. The molecule has 1 aromatic rings. The van der Waals surface area contributed by atoms with Crippen molar-refractivity contribution in [3.63, 3.8) is 0 Å². The summed E-state index contributed by atoms with van der Waals surface area (Å²) in [5.41, 5.74) is 7.98. The molecule has 0 bridgehead atoms. The van der Waals surface area contributed by atoms with Crippen molar-refractivity contribution >= 4 is 27.2 Å². The molecular formula is C14H20N2O4S. The summed E-state index contributed by atoms with van der Waals surface area (Å²) in [4.78, 5) is 11.7. The second-order valence-corrected chi connectivity index (χ2v) is 7.57. The Morgan fingerprint density at radius 3 is 2.76 bits per heavy atom. The Morgan fingerprint density at radius 1 is 1.43 bits per heavy atom. The van der Waals surface area contributed by atoms with Crippen molar-refractivity contribution in [1.29, 1.82) is 0 Å². The molecule has 0 saturated carbocycles. The van der Waals surface area contributed by atoms with Crippen LogP contribution in [0.5, 0.6) is 0 Å². The van der Waals surface area contributed by atoms with Crippen LogP contribution >= 0.6 is 0 Å². The molecule has 0 aliphatic carbocycles. The SMILES string of the molecule is COC(=O)c1cc(NC2CCCS(=O)(=O)C2)cc(C)c1N. The van der Waals surface area contributed by atoms with Crippen LogP contribution in [0.15, 0.2) is 12.1 Å². The number of benzene rings is 1. The lowest BCUT2D eigenvalue weighted by atomic mass is 10.1. The highest BCUT2D eigenvalue weighted by Gasteiger charge is 2.25. The number of hydrogen-bond acceptors (Lipinski definition) is 6. The molecule has 0 radical (unpaired) electrons. The zero-order chi connectivity index (χ0) is 15.6. The van der Waals surface area contributed by atoms with Gasteiger partial charge in [0, 0.05) is 17.4 Å². The topological polar surface area (TPSA) is 98.5 Å². The lowest BCUT2D eigenvalue weighted by molar-refractivity contribution is 0.0602. The summed E-state index contributed by atoms with van der Waals surface area (Å²) in [6.07, 6.45) is 1.44. The van der Waals surface area contributed by atoms with Gasteiger partial charge in [-0.05, 0) is 37.5 Å². The maximum atomic E-state index is 11.7. The Morgan fingerprint density at radius 2 is 2.14 bits per heavy atom. The number of carbonyl (C=O) groups excluding carboxylic acids is 1. The van der Waals surface area contributed by atoms with Gasteiger partial charge in [0.1, 0.15) is 0 Å². The van der Waals surface area contributed by atoms with E-state index in [1.54, 1.807) is 13.0 Å². The Bertz CT molecular complexity index is 655. The maximum Gasteiger partial charge on any atom is 0.340 e.